The fourth-order valence-corrected chi connectivity index (χ4v) is 3.30. The molecular formula is C18H15NOS. The molecule has 4 rings (SSSR count). The van der Waals surface area contributed by atoms with Gasteiger partial charge >= 0.3 is 0 Å². The van der Waals surface area contributed by atoms with E-state index in [-0.39, 0.29) is 0 Å². The Bertz CT molecular complexity index is 734. The molecule has 104 valence electrons. The van der Waals surface area contributed by atoms with Crippen molar-refractivity contribution in [2.75, 3.05) is 11.6 Å². The first-order valence-electron chi connectivity index (χ1n) is 6.98. The summed E-state index contributed by atoms with van der Waals surface area (Å²) in [5, 5.41) is 4.29. The summed E-state index contributed by atoms with van der Waals surface area (Å²) in [5.41, 5.74) is 4.99. The van der Waals surface area contributed by atoms with Crippen LogP contribution in [0.2, 0.25) is 0 Å². The summed E-state index contributed by atoms with van der Waals surface area (Å²) in [6.07, 6.45) is 0. The van der Waals surface area contributed by atoms with Gasteiger partial charge in [0.2, 0.25) is 0 Å². The van der Waals surface area contributed by atoms with Crippen molar-refractivity contribution in [1.82, 2.24) is 0 Å². The first kappa shape index (κ1) is 12.5. The normalized spacial score (nSPS) is 13.6. The number of hydrogen-bond acceptors (Lipinski definition) is 3. The predicted molar refractivity (Wildman–Crippen MR) is 87.9 cm³/mol. The Kier molecular flexibility index (Phi) is 3.13. The first-order chi connectivity index (χ1) is 10.4. The number of nitrogens with zero attached hydrogens (tertiary/aromatic N) is 1. The first-order valence-corrected chi connectivity index (χ1v) is 7.93. The van der Waals surface area contributed by atoms with E-state index >= 15 is 0 Å². The second-order valence-corrected chi connectivity index (χ2v) is 5.92. The van der Waals surface area contributed by atoms with Crippen molar-refractivity contribution < 1.29 is 4.74 Å². The molecule has 1 aliphatic rings. The lowest BCUT2D eigenvalue weighted by Crippen LogP contribution is -2.31. The van der Waals surface area contributed by atoms with E-state index in [1.807, 2.05) is 12.1 Å². The monoisotopic (exact) mass is 293 g/mol. The number of thiophene rings is 1. The Labute approximate surface area is 128 Å². The fourth-order valence-electron chi connectivity index (χ4n) is 2.63. The van der Waals surface area contributed by atoms with Gasteiger partial charge in [0.1, 0.15) is 5.75 Å². The molecule has 3 aromatic rings. The number of fused-ring (bicyclic) bond motifs is 1. The molecule has 1 aromatic heterocycles. The van der Waals surface area contributed by atoms with Crippen molar-refractivity contribution >= 4 is 17.0 Å². The van der Waals surface area contributed by atoms with Gasteiger partial charge in [0.05, 0.1) is 0 Å². The van der Waals surface area contributed by atoms with Gasteiger partial charge in [0.25, 0.3) is 0 Å². The average molecular weight is 293 g/mol. The van der Waals surface area contributed by atoms with Gasteiger partial charge in [-0.1, -0.05) is 30.3 Å². The molecule has 0 bridgehead atoms. The molecule has 3 heteroatoms. The highest BCUT2D eigenvalue weighted by atomic mass is 32.1. The van der Waals surface area contributed by atoms with E-state index < -0.39 is 0 Å². The van der Waals surface area contributed by atoms with E-state index in [4.69, 9.17) is 4.74 Å². The van der Waals surface area contributed by atoms with Crippen LogP contribution in [0.1, 0.15) is 5.56 Å². The SMILES string of the molecule is c1ccc2c(c1)CN(c1ccc(-c3ccsc3)cc1)CO2. The number of para-hydroxylation sites is 1. The third-order valence-electron chi connectivity index (χ3n) is 3.80. The minimum Gasteiger partial charge on any atom is -0.473 e. The summed E-state index contributed by atoms with van der Waals surface area (Å²) >= 11 is 1.73. The number of rotatable bonds is 2. The molecule has 0 unspecified atom stereocenters. The van der Waals surface area contributed by atoms with Crippen LogP contribution in [0.25, 0.3) is 11.1 Å². The Hall–Kier alpha value is -2.26. The fraction of sp³-hybridized carbons (Fsp3) is 0.111. The van der Waals surface area contributed by atoms with Crippen LogP contribution >= 0.6 is 11.3 Å². The summed E-state index contributed by atoms with van der Waals surface area (Å²) in [6, 6.07) is 19.1. The summed E-state index contributed by atoms with van der Waals surface area (Å²) < 4.78 is 5.82. The van der Waals surface area contributed by atoms with Gasteiger partial charge in [-0.15, -0.1) is 0 Å². The van der Waals surface area contributed by atoms with Crippen molar-refractivity contribution in [3.63, 3.8) is 0 Å². The van der Waals surface area contributed by atoms with Gasteiger partial charge in [-0.3, -0.25) is 0 Å². The zero-order valence-corrected chi connectivity index (χ0v) is 12.3. The zero-order valence-electron chi connectivity index (χ0n) is 11.5. The molecule has 0 amide bonds. The van der Waals surface area contributed by atoms with Gasteiger partial charge in [-0.05, 0) is 46.2 Å². The van der Waals surface area contributed by atoms with Crippen molar-refractivity contribution in [1.29, 1.82) is 0 Å². The van der Waals surface area contributed by atoms with Crippen LogP contribution in [0.15, 0.2) is 65.4 Å². The molecule has 2 aromatic carbocycles. The molecule has 21 heavy (non-hydrogen) atoms. The maximum absolute atomic E-state index is 5.82. The second kappa shape index (κ2) is 5.26. The van der Waals surface area contributed by atoms with Crippen LogP contribution in [0.5, 0.6) is 5.75 Å². The van der Waals surface area contributed by atoms with Gasteiger partial charge in [0.15, 0.2) is 6.73 Å². The van der Waals surface area contributed by atoms with Crippen LogP contribution in [-0.4, -0.2) is 6.73 Å². The molecule has 2 heterocycles. The smallest absolute Gasteiger partial charge is 0.161 e. The molecule has 0 saturated heterocycles. The highest BCUT2D eigenvalue weighted by Crippen LogP contribution is 2.30. The van der Waals surface area contributed by atoms with Gasteiger partial charge in [-0.25, -0.2) is 0 Å². The lowest BCUT2D eigenvalue weighted by Gasteiger charge is -2.30. The van der Waals surface area contributed by atoms with Crippen LogP contribution in [0.3, 0.4) is 0 Å². The predicted octanol–water partition coefficient (Wildman–Crippen LogP) is 4.77. The van der Waals surface area contributed by atoms with Crippen molar-refractivity contribution in [2.45, 2.75) is 6.54 Å². The van der Waals surface area contributed by atoms with Crippen LogP contribution in [0.4, 0.5) is 5.69 Å². The van der Waals surface area contributed by atoms with Crippen LogP contribution in [-0.2, 0) is 6.54 Å². The zero-order chi connectivity index (χ0) is 14.1. The number of ether oxygens (including phenoxy) is 1. The lowest BCUT2D eigenvalue weighted by atomic mass is 10.1. The van der Waals surface area contributed by atoms with Gasteiger partial charge in [0, 0.05) is 17.8 Å². The number of anilines is 1. The molecule has 0 spiro atoms. The highest BCUT2D eigenvalue weighted by molar-refractivity contribution is 7.08. The third kappa shape index (κ3) is 2.41. The minimum atomic E-state index is 0.606. The summed E-state index contributed by atoms with van der Waals surface area (Å²) in [5.74, 6) is 1.00. The minimum absolute atomic E-state index is 0.606. The average Bonchev–Trinajstić information content (AvgIpc) is 3.09. The Morgan fingerprint density at radius 3 is 2.57 bits per heavy atom. The number of hydrogen-bond donors (Lipinski definition) is 0. The maximum Gasteiger partial charge on any atom is 0.161 e. The molecular weight excluding hydrogens is 278 g/mol. The van der Waals surface area contributed by atoms with E-state index in [1.54, 1.807) is 11.3 Å². The molecule has 0 radical (unpaired) electrons. The summed E-state index contributed by atoms with van der Waals surface area (Å²) in [7, 11) is 0. The lowest BCUT2D eigenvalue weighted by molar-refractivity contribution is 0.289. The Balaban J connectivity index is 1.58. The van der Waals surface area contributed by atoms with Crippen molar-refractivity contribution in [3.05, 3.63) is 70.9 Å². The largest absolute Gasteiger partial charge is 0.473 e. The quantitative estimate of drug-likeness (QED) is 0.674. The molecule has 0 N–H and O–H groups in total. The van der Waals surface area contributed by atoms with E-state index in [2.05, 4.69) is 58.1 Å². The van der Waals surface area contributed by atoms with Gasteiger partial charge in [-0.2, -0.15) is 11.3 Å². The molecule has 0 saturated carbocycles. The second-order valence-electron chi connectivity index (χ2n) is 5.14. The third-order valence-corrected chi connectivity index (χ3v) is 4.48. The molecule has 0 aliphatic carbocycles. The Morgan fingerprint density at radius 2 is 1.76 bits per heavy atom. The van der Waals surface area contributed by atoms with Crippen molar-refractivity contribution in [3.8, 4) is 16.9 Å². The van der Waals surface area contributed by atoms with E-state index in [0.717, 1.165) is 12.3 Å². The Morgan fingerprint density at radius 1 is 0.905 bits per heavy atom. The summed E-state index contributed by atoms with van der Waals surface area (Å²) in [4.78, 5) is 2.25. The molecule has 0 atom stereocenters. The van der Waals surface area contributed by atoms with Crippen molar-refractivity contribution in [2.24, 2.45) is 0 Å². The van der Waals surface area contributed by atoms with E-state index in [1.165, 1.54) is 22.4 Å². The number of benzene rings is 2. The molecule has 1 aliphatic heterocycles. The summed E-state index contributed by atoms with van der Waals surface area (Å²) in [6.45, 7) is 1.50. The maximum atomic E-state index is 5.82. The molecule has 0 fully saturated rings. The van der Waals surface area contributed by atoms with E-state index in [0.29, 0.717) is 6.73 Å². The van der Waals surface area contributed by atoms with Crippen LogP contribution in [0, 0.1) is 0 Å². The highest BCUT2D eigenvalue weighted by Gasteiger charge is 2.16. The standard InChI is InChI=1S/C18H15NOS/c1-2-4-18-15(3-1)11-19(13-20-18)17-7-5-14(6-8-17)16-9-10-21-12-16/h1-10,12H,11,13H2. The molecule has 2 nitrogen and oxygen atoms in total. The van der Waals surface area contributed by atoms with Gasteiger partial charge < -0.3 is 9.64 Å². The topological polar surface area (TPSA) is 12.5 Å². The van der Waals surface area contributed by atoms with E-state index in [9.17, 15) is 0 Å². The van der Waals surface area contributed by atoms with Crippen LogP contribution < -0.4 is 9.64 Å².